The van der Waals surface area contributed by atoms with Crippen molar-refractivity contribution in [1.29, 1.82) is 5.26 Å². The predicted molar refractivity (Wildman–Crippen MR) is 67.4 cm³/mol. The van der Waals surface area contributed by atoms with Gasteiger partial charge in [-0.15, -0.1) is 0 Å². The van der Waals surface area contributed by atoms with Gasteiger partial charge in [0.25, 0.3) is 0 Å². The molecule has 5 heteroatoms. The van der Waals surface area contributed by atoms with Crippen LogP contribution in [0.4, 0.5) is 5.69 Å². The van der Waals surface area contributed by atoms with E-state index in [4.69, 9.17) is 14.7 Å². The van der Waals surface area contributed by atoms with Crippen LogP contribution in [0.15, 0.2) is 18.2 Å². The van der Waals surface area contributed by atoms with Gasteiger partial charge in [-0.05, 0) is 18.6 Å². The molecule has 0 atom stereocenters. The number of hydrogen-bond acceptors (Lipinski definition) is 4. The molecule has 0 aromatic heterocycles. The quantitative estimate of drug-likeness (QED) is 0.781. The number of hydrogen-bond donors (Lipinski definition) is 1. The first-order valence-corrected chi connectivity index (χ1v) is 5.67. The summed E-state index contributed by atoms with van der Waals surface area (Å²) >= 11 is 0. The lowest BCUT2D eigenvalue weighted by Crippen LogP contribution is -2.19. The molecule has 0 aliphatic rings. The van der Waals surface area contributed by atoms with Gasteiger partial charge in [-0.25, -0.2) is 0 Å². The molecule has 1 rings (SSSR count). The molecular weight excluding hydrogens is 232 g/mol. The van der Waals surface area contributed by atoms with E-state index in [2.05, 4.69) is 5.32 Å². The molecule has 0 bridgehead atoms. The van der Waals surface area contributed by atoms with Crippen LogP contribution in [0.1, 0.15) is 18.9 Å². The summed E-state index contributed by atoms with van der Waals surface area (Å²) in [6.07, 6.45) is 0.869. The molecule has 18 heavy (non-hydrogen) atoms. The van der Waals surface area contributed by atoms with E-state index in [9.17, 15) is 4.79 Å². The maximum absolute atomic E-state index is 11.6. The van der Waals surface area contributed by atoms with Crippen molar-refractivity contribution in [3.63, 3.8) is 0 Å². The lowest BCUT2D eigenvalue weighted by Gasteiger charge is -2.10. The van der Waals surface area contributed by atoms with Crippen molar-refractivity contribution in [2.75, 3.05) is 25.6 Å². The number of benzene rings is 1. The minimum Gasteiger partial charge on any atom is -0.495 e. The third-order valence-electron chi connectivity index (χ3n) is 2.19. The Morgan fingerprint density at radius 3 is 2.89 bits per heavy atom. The fourth-order valence-electron chi connectivity index (χ4n) is 1.36. The van der Waals surface area contributed by atoms with Crippen LogP contribution >= 0.6 is 0 Å². The zero-order valence-corrected chi connectivity index (χ0v) is 10.5. The Balaban J connectivity index is 2.66. The smallest absolute Gasteiger partial charge is 0.250 e. The molecule has 1 N–H and O–H groups in total. The Kier molecular flexibility index (Phi) is 5.68. The number of carbonyl (C=O) groups excluding carboxylic acids is 1. The first kappa shape index (κ1) is 14.0. The first-order valence-electron chi connectivity index (χ1n) is 5.67. The van der Waals surface area contributed by atoms with Crippen molar-refractivity contribution in [1.82, 2.24) is 0 Å². The molecule has 0 unspecified atom stereocenters. The fraction of sp³-hybridized carbons (Fsp3) is 0.385. The van der Waals surface area contributed by atoms with E-state index in [1.165, 1.54) is 7.11 Å². The molecule has 0 saturated carbocycles. The summed E-state index contributed by atoms with van der Waals surface area (Å²) < 4.78 is 10.2. The Morgan fingerprint density at radius 1 is 1.50 bits per heavy atom. The van der Waals surface area contributed by atoms with Crippen molar-refractivity contribution < 1.29 is 14.3 Å². The van der Waals surface area contributed by atoms with Gasteiger partial charge in [-0.2, -0.15) is 5.26 Å². The van der Waals surface area contributed by atoms with Crippen LogP contribution in [0.25, 0.3) is 0 Å². The van der Waals surface area contributed by atoms with E-state index in [1.807, 2.05) is 13.0 Å². The Bertz CT molecular complexity index is 452. The number of nitriles is 1. The van der Waals surface area contributed by atoms with Crippen LogP contribution in [0, 0.1) is 11.3 Å². The number of ether oxygens (including phenoxy) is 2. The molecule has 0 saturated heterocycles. The summed E-state index contributed by atoms with van der Waals surface area (Å²) in [6, 6.07) is 6.83. The van der Waals surface area contributed by atoms with Gasteiger partial charge < -0.3 is 14.8 Å². The molecule has 0 spiro atoms. The molecule has 0 fully saturated rings. The van der Waals surface area contributed by atoms with Gasteiger partial charge in [0.15, 0.2) is 0 Å². The van der Waals surface area contributed by atoms with E-state index < -0.39 is 0 Å². The normalized spacial score (nSPS) is 9.61. The molecule has 5 nitrogen and oxygen atoms in total. The first-order chi connectivity index (χ1) is 8.71. The molecule has 0 radical (unpaired) electrons. The van der Waals surface area contributed by atoms with Crippen LogP contribution in [0.3, 0.4) is 0 Å². The summed E-state index contributed by atoms with van der Waals surface area (Å²) in [5, 5.41) is 11.4. The topological polar surface area (TPSA) is 71.3 Å². The molecule has 1 aromatic rings. The molecular formula is C13H16N2O3. The number of amides is 1. The Morgan fingerprint density at radius 2 is 2.28 bits per heavy atom. The van der Waals surface area contributed by atoms with Crippen LogP contribution in [0.5, 0.6) is 5.75 Å². The summed E-state index contributed by atoms with van der Waals surface area (Å²) in [5.41, 5.74) is 1.01. The van der Waals surface area contributed by atoms with Gasteiger partial charge >= 0.3 is 0 Å². The van der Waals surface area contributed by atoms with E-state index in [-0.39, 0.29) is 12.5 Å². The van der Waals surface area contributed by atoms with Crippen molar-refractivity contribution in [2.45, 2.75) is 13.3 Å². The summed E-state index contributed by atoms with van der Waals surface area (Å²) in [4.78, 5) is 11.6. The van der Waals surface area contributed by atoms with Crippen LogP contribution < -0.4 is 10.1 Å². The molecule has 96 valence electrons. The van der Waals surface area contributed by atoms with Gasteiger partial charge in [-0.1, -0.05) is 6.92 Å². The van der Waals surface area contributed by atoms with E-state index in [0.717, 1.165) is 6.42 Å². The second-order valence-corrected chi connectivity index (χ2v) is 3.63. The van der Waals surface area contributed by atoms with Gasteiger partial charge in [0, 0.05) is 12.7 Å². The highest BCUT2D eigenvalue weighted by molar-refractivity contribution is 5.93. The largest absolute Gasteiger partial charge is 0.495 e. The van der Waals surface area contributed by atoms with E-state index in [1.54, 1.807) is 18.2 Å². The minimum atomic E-state index is -0.244. The standard InChI is InChI=1S/C13H16N2O3/c1-3-6-18-9-13(16)15-11-5-4-10(8-14)7-12(11)17-2/h4-5,7H,3,6,9H2,1-2H3,(H,15,16). The average Bonchev–Trinajstić information content (AvgIpc) is 2.39. The van der Waals surface area contributed by atoms with E-state index in [0.29, 0.717) is 23.6 Å². The molecule has 0 heterocycles. The van der Waals surface area contributed by atoms with Crippen molar-refractivity contribution in [3.8, 4) is 11.8 Å². The SMILES string of the molecule is CCCOCC(=O)Nc1ccc(C#N)cc1OC. The Labute approximate surface area is 106 Å². The number of rotatable bonds is 6. The molecule has 1 amide bonds. The highest BCUT2D eigenvalue weighted by Gasteiger charge is 2.08. The number of nitrogens with zero attached hydrogens (tertiary/aromatic N) is 1. The lowest BCUT2D eigenvalue weighted by atomic mass is 10.2. The second-order valence-electron chi connectivity index (χ2n) is 3.63. The number of anilines is 1. The third-order valence-corrected chi connectivity index (χ3v) is 2.19. The second kappa shape index (κ2) is 7.30. The molecule has 0 aliphatic carbocycles. The number of methoxy groups -OCH3 is 1. The van der Waals surface area contributed by atoms with Crippen molar-refractivity contribution in [3.05, 3.63) is 23.8 Å². The van der Waals surface area contributed by atoms with Gasteiger partial charge in [0.05, 0.1) is 24.4 Å². The maximum Gasteiger partial charge on any atom is 0.250 e. The maximum atomic E-state index is 11.6. The number of carbonyl (C=O) groups is 1. The number of nitrogens with one attached hydrogen (secondary N) is 1. The van der Waals surface area contributed by atoms with Crippen LogP contribution in [0.2, 0.25) is 0 Å². The summed E-state index contributed by atoms with van der Waals surface area (Å²) in [5.74, 6) is 0.212. The van der Waals surface area contributed by atoms with Crippen LogP contribution in [-0.2, 0) is 9.53 Å². The zero-order chi connectivity index (χ0) is 13.4. The van der Waals surface area contributed by atoms with Crippen LogP contribution in [-0.4, -0.2) is 26.2 Å². The monoisotopic (exact) mass is 248 g/mol. The highest BCUT2D eigenvalue weighted by atomic mass is 16.5. The van der Waals surface area contributed by atoms with Gasteiger partial charge in [-0.3, -0.25) is 4.79 Å². The Hall–Kier alpha value is -2.06. The van der Waals surface area contributed by atoms with Gasteiger partial charge in [0.2, 0.25) is 5.91 Å². The lowest BCUT2D eigenvalue weighted by molar-refractivity contribution is -0.120. The fourth-order valence-corrected chi connectivity index (χ4v) is 1.36. The zero-order valence-electron chi connectivity index (χ0n) is 10.5. The predicted octanol–water partition coefficient (Wildman–Crippen LogP) is 1.93. The highest BCUT2D eigenvalue weighted by Crippen LogP contribution is 2.25. The molecule has 1 aromatic carbocycles. The van der Waals surface area contributed by atoms with E-state index >= 15 is 0 Å². The summed E-state index contributed by atoms with van der Waals surface area (Å²) in [6.45, 7) is 2.54. The van der Waals surface area contributed by atoms with Crippen molar-refractivity contribution in [2.24, 2.45) is 0 Å². The average molecular weight is 248 g/mol. The van der Waals surface area contributed by atoms with Crippen molar-refractivity contribution >= 4 is 11.6 Å². The summed E-state index contributed by atoms with van der Waals surface area (Å²) in [7, 11) is 1.49. The third kappa shape index (κ3) is 4.07. The van der Waals surface area contributed by atoms with Gasteiger partial charge in [0.1, 0.15) is 12.4 Å². The molecule has 0 aliphatic heterocycles. The minimum absolute atomic E-state index is 0.0109.